The number of para-hydroxylation sites is 1. The molecule has 1 spiro atoms. The predicted molar refractivity (Wildman–Crippen MR) is 108 cm³/mol. The van der Waals surface area contributed by atoms with Crippen molar-refractivity contribution >= 4 is 23.2 Å². The molecule has 6 heteroatoms. The van der Waals surface area contributed by atoms with Crippen LogP contribution in [0.15, 0.2) is 42.6 Å². The Hall–Kier alpha value is -2.11. The van der Waals surface area contributed by atoms with E-state index < -0.39 is 0 Å². The van der Waals surface area contributed by atoms with E-state index >= 15 is 0 Å². The molecule has 0 unspecified atom stereocenters. The molecule has 142 valence electrons. The third kappa shape index (κ3) is 4.42. The second-order valence-corrected chi connectivity index (χ2v) is 8.02. The maximum Gasteiger partial charge on any atom is 0.222 e. The van der Waals surface area contributed by atoms with E-state index in [9.17, 15) is 4.79 Å². The fourth-order valence-corrected chi connectivity index (χ4v) is 4.18. The predicted octanol–water partition coefficient (Wildman–Crippen LogP) is 3.24. The van der Waals surface area contributed by atoms with Crippen LogP contribution in [0.2, 0.25) is 5.02 Å². The number of anilines is 1. The van der Waals surface area contributed by atoms with E-state index in [2.05, 4.69) is 44.8 Å². The Bertz CT molecular complexity index is 800. The van der Waals surface area contributed by atoms with Gasteiger partial charge in [0.15, 0.2) is 0 Å². The Kier molecular flexibility index (Phi) is 5.32. The van der Waals surface area contributed by atoms with Crippen molar-refractivity contribution in [2.75, 3.05) is 25.0 Å². The quantitative estimate of drug-likeness (QED) is 0.834. The van der Waals surface area contributed by atoms with E-state index in [0.717, 1.165) is 44.6 Å². The van der Waals surface area contributed by atoms with Crippen molar-refractivity contribution in [1.82, 2.24) is 15.2 Å². The van der Waals surface area contributed by atoms with Crippen LogP contribution >= 0.6 is 11.6 Å². The lowest BCUT2D eigenvalue weighted by Crippen LogP contribution is -2.51. The van der Waals surface area contributed by atoms with Crippen molar-refractivity contribution in [3.8, 4) is 0 Å². The number of aromatic nitrogens is 1. The first-order chi connectivity index (χ1) is 13.1. The van der Waals surface area contributed by atoms with Gasteiger partial charge >= 0.3 is 0 Å². The summed E-state index contributed by atoms with van der Waals surface area (Å²) < 4.78 is 0. The summed E-state index contributed by atoms with van der Waals surface area (Å²) in [5.74, 6) is 0.142. The number of halogens is 1. The number of fused-ring (bicyclic) bond motifs is 1. The highest BCUT2D eigenvalue weighted by molar-refractivity contribution is 6.30. The molecular weight excluding hydrogens is 360 g/mol. The second-order valence-electron chi connectivity index (χ2n) is 7.58. The first-order valence-corrected chi connectivity index (χ1v) is 9.95. The van der Waals surface area contributed by atoms with Crippen molar-refractivity contribution in [3.05, 3.63) is 58.9 Å². The van der Waals surface area contributed by atoms with Crippen molar-refractivity contribution in [3.63, 3.8) is 0 Å². The summed E-state index contributed by atoms with van der Waals surface area (Å²) >= 11 is 5.93. The van der Waals surface area contributed by atoms with Gasteiger partial charge in [0.1, 0.15) is 0 Å². The number of rotatable bonds is 2. The summed E-state index contributed by atoms with van der Waals surface area (Å²) in [6.45, 7) is 3.39. The van der Waals surface area contributed by atoms with Gasteiger partial charge in [0.25, 0.3) is 0 Å². The van der Waals surface area contributed by atoms with Gasteiger partial charge in [-0.25, -0.2) is 0 Å². The third-order valence-corrected chi connectivity index (χ3v) is 5.84. The van der Waals surface area contributed by atoms with Crippen LogP contribution in [0.25, 0.3) is 0 Å². The maximum absolute atomic E-state index is 12.4. The number of amides is 1. The summed E-state index contributed by atoms with van der Waals surface area (Å²) in [7, 11) is 0. The number of hydrogen-bond acceptors (Lipinski definition) is 4. The smallest absolute Gasteiger partial charge is 0.222 e. The molecule has 2 aliphatic rings. The summed E-state index contributed by atoms with van der Waals surface area (Å²) in [5.41, 5.74) is 3.28. The molecule has 1 aromatic heterocycles. The van der Waals surface area contributed by atoms with Gasteiger partial charge in [-0.1, -0.05) is 29.8 Å². The van der Waals surface area contributed by atoms with Gasteiger partial charge in [0, 0.05) is 50.0 Å². The average Bonchev–Trinajstić information content (AvgIpc) is 2.73. The number of likely N-dealkylation sites (tertiary alicyclic amines) is 1. The number of carbonyl (C=O) groups is 1. The highest BCUT2D eigenvalue weighted by atomic mass is 35.5. The van der Waals surface area contributed by atoms with Gasteiger partial charge in [-0.15, -0.1) is 0 Å². The van der Waals surface area contributed by atoms with E-state index in [1.807, 2.05) is 12.1 Å². The van der Waals surface area contributed by atoms with Crippen LogP contribution in [0, 0.1) is 0 Å². The van der Waals surface area contributed by atoms with Crippen LogP contribution in [0.3, 0.4) is 0 Å². The normalized spacial score (nSPS) is 20.0. The lowest BCUT2D eigenvalue weighted by Gasteiger charge is -2.42. The molecule has 3 heterocycles. The minimum absolute atomic E-state index is 0.142. The molecule has 0 saturated carbocycles. The minimum atomic E-state index is -0.186. The zero-order valence-corrected chi connectivity index (χ0v) is 16.1. The summed E-state index contributed by atoms with van der Waals surface area (Å²) in [6, 6.07) is 12.3. The molecule has 1 fully saturated rings. The number of benzene rings is 1. The van der Waals surface area contributed by atoms with Gasteiger partial charge in [-0.3, -0.25) is 14.7 Å². The minimum Gasteiger partial charge on any atom is -0.379 e. The lowest BCUT2D eigenvalue weighted by atomic mass is 9.83. The molecule has 2 aromatic rings. The molecule has 0 aliphatic carbocycles. The van der Waals surface area contributed by atoms with Crippen molar-refractivity contribution in [1.29, 1.82) is 0 Å². The van der Waals surface area contributed by atoms with Gasteiger partial charge in [-0.05, 0) is 43.0 Å². The van der Waals surface area contributed by atoms with Gasteiger partial charge in [0.2, 0.25) is 5.91 Å². The highest BCUT2D eigenvalue weighted by Gasteiger charge is 2.37. The molecule has 0 radical (unpaired) electrons. The first-order valence-electron chi connectivity index (χ1n) is 9.58. The Morgan fingerprint density at radius 2 is 1.96 bits per heavy atom. The number of pyridine rings is 1. The number of hydrogen-bond donors (Lipinski definition) is 2. The van der Waals surface area contributed by atoms with Crippen LogP contribution in [0.4, 0.5) is 5.69 Å². The van der Waals surface area contributed by atoms with Crippen molar-refractivity contribution in [2.45, 2.75) is 37.8 Å². The molecule has 4 rings (SSSR count). The standard InChI is InChI=1S/C21H25ClN4O/c22-17-5-6-18(24-14-17)15-26-11-8-21(9-12-26)13-20(27)23-10-7-16-3-1-2-4-19(16)25-21/h1-6,14,25H,7-13,15H2,(H,23,27). The topological polar surface area (TPSA) is 57.3 Å². The van der Waals surface area contributed by atoms with E-state index in [4.69, 9.17) is 11.6 Å². The molecule has 5 nitrogen and oxygen atoms in total. The Balaban J connectivity index is 1.47. The summed E-state index contributed by atoms with van der Waals surface area (Å²) in [6.07, 6.45) is 4.95. The summed E-state index contributed by atoms with van der Waals surface area (Å²) in [5, 5.41) is 7.50. The lowest BCUT2D eigenvalue weighted by molar-refractivity contribution is -0.122. The number of nitrogens with zero attached hydrogens (tertiary/aromatic N) is 2. The van der Waals surface area contributed by atoms with E-state index in [1.165, 1.54) is 11.3 Å². The molecule has 2 aliphatic heterocycles. The molecule has 2 N–H and O–H groups in total. The average molecular weight is 385 g/mol. The molecule has 1 amide bonds. The second kappa shape index (κ2) is 7.87. The fraction of sp³-hybridized carbons (Fsp3) is 0.429. The van der Waals surface area contributed by atoms with Crippen molar-refractivity contribution in [2.24, 2.45) is 0 Å². The third-order valence-electron chi connectivity index (χ3n) is 5.62. The monoisotopic (exact) mass is 384 g/mol. The van der Waals surface area contributed by atoms with Crippen LogP contribution in [0.1, 0.15) is 30.5 Å². The zero-order valence-electron chi connectivity index (χ0n) is 15.4. The van der Waals surface area contributed by atoms with Crippen LogP contribution in [-0.4, -0.2) is 41.0 Å². The Morgan fingerprint density at radius 3 is 2.74 bits per heavy atom. The van der Waals surface area contributed by atoms with Crippen LogP contribution in [0.5, 0.6) is 0 Å². The largest absolute Gasteiger partial charge is 0.379 e. The number of nitrogens with one attached hydrogen (secondary N) is 2. The molecule has 0 atom stereocenters. The van der Waals surface area contributed by atoms with Gasteiger partial charge in [-0.2, -0.15) is 0 Å². The summed E-state index contributed by atoms with van der Waals surface area (Å²) in [4.78, 5) is 19.2. The number of carbonyl (C=O) groups excluding carboxylic acids is 1. The van der Waals surface area contributed by atoms with E-state index in [-0.39, 0.29) is 11.4 Å². The maximum atomic E-state index is 12.4. The molecule has 1 saturated heterocycles. The van der Waals surface area contributed by atoms with E-state index in [1.54, 1.807) is 6.20 Å². The zero-order chi connectivity index (χ0) is 18.7. The van der Waals surface area contributed by atoms with Crippen LogP contribution in [-0.2, 0) is 17.8 Å². The molecule has 0 bridgehead atoms. The van der Waals surface area contributed by atoms with Crippen molar-refractivity contribution < 1.29 is 4.79 Å². The fourth-order valence-electron chi connectivity index (χ4n) is 4.07. The van der Waals surface area contributed by atoms with Gasteiger partial charge < -0.3 is 10.6 Å². The van der Waals surface area contributed by atoms with E-state index in [0.29, 0.717) is 18.0 Å². The Morgan fingerprint density at radius 1 is 1.15 bits per heavy atom. The SMILES string of the molecule is O=C1CC2(CCN(Cc3ccc(Cl)cn3)CC2)Nc2ccccc2CCN1. The van der Waals surface area contributed by atoms with Gasteiger partial charge in [0.05, 0.1) is 10.7 Å². The highest BCUT2D eigenvalue weighted by Crippen LogP contribution is 2.33. The molecule has 1 aromatic carbocycles. The first kappa shape index (κ1) is 18.3. The molecule has 27 heavy (non-hydrogen) atoms. The van der Waals surface area contributed by atoms with Crippen LogP contribution < -0.4 is 10.6 Å². The molecular formula is C21H25ClN4O. The Labute approximate surface area is 165 Å². The number of piperidine rings is 1.